The molecule has 1 rings (SSSR count). The van der Waals surface area contributed by atoms with E-state index >= 15 is 0 Å². The zero-order valence-corrected chi connectivity index (χ0v) is 13.0. The molecule has 0 heterocycles. The van der Waals surface area contributed by atoms with Gasteiger partial charge in [-0.2, -0.15) is 0 Å². The van der Waals surface area contributed by atoms with Crippen LogP contribution in [0.3, 0.4) is 0 Å². The van der Waals surface area contributed by atoms with Crippen molar-refractivity contribution < 1.29 is 9.53 Å². The van der Waals surface area contributed by atoms with Crippen LogP contribution in [0.4, 0.5) is 0 Å². The number of amides is 1. The lowest BCUT2D eigenvalue weighted by atomic mass is 10.1. The number of hydrogen-bond donors (Lipinski definition) is 2. The third kappa shape index (κ3) is 6.57. The molecular weight excluding hydrogens is 252 g/mol. The van der Waals surface area contributed by atoms with Gasteiger partial charge in [-0.1, -0.05) is 18.2 Å². The van der Waals surface area contributed by atoms with E-state index in [1.807, 2.05) is 52.0 Å². The van der Waals surface area contributed by atoms with E-state index in [1.54, 1.807) is 0 Å². The zero-order valence-electron chi connectivity index (χ0n) is 13.0. The predicted octanol–water partition coefficient (Wildman–Crippen LogP) is 2.48. The van der Waals surface area contributed by atoms with Crippen molar-refractivity contribution in [2.75, 3.05) is 13.2 Å². The number of benzene rings is 1. The minimum Gasteiger partial charge on any atom is -0.494 e. The molecule has 0 saturated carbocycles. The van der Waals surface area contributed by atoms with E-state index in [1.165, 1.54) is 0 Å². The highest BCUT2D eigenvalue weighted by Gasteiger charge is 2.12. The lowest BCUT2D eigenvalue weighted by Crippen LogP contribution is -2.41. The molecule has 1 aromatic carbocycles. The van der Waals surface area contributed by atoms with Crippen LogP contribution in [0.2, 0.25) is 0 Å². The first-order valence-electron chi connectivity index (χ1n) is 7.15. The van der Waals surface area contributed by atoms with E-state index in [2.05, 4.69) is 10.6 Å². The van der Waals surface area contributed by atoms with E-state index in [9.17, 15) is 4.79 Å². The van der Waals surface area contributed by atoms with Gasteiger partial charge in [0.1, 0.15) is 5.75 Å². The van der Waals surface area contributed by atoms with Crippen LogP contribution in [0.25, 0.3) is 0 Å². The molecule has 0 fully saturated rings. The Hall–Kier alpha value is -1.55. The SMILES string of the molecule is CCOc1ccccc1CNCCC(=O)NC(C)(C)C. The van der Waals surface area contributed by atoms with Crippen molar-refractivity contribution in [1.82, 2.24) is 10.6 Å². The standard InChI is InChI=1S/C16H26N2O2/c1-5-20-14-9-7-6-8-13(14)12-17-11-10-15(19)18-16(2,3)4/h6-9,17H,5,10-12H2,1-4H3,(H,18,19). The molecule has 4 heteroatoms. The minimum atomic E-state index is -0.168. The Morgan fingerprint density at radius 2 is 1.95 bits per heavy atom. The van der Waals surface area contributed by atoms with Crippen molar-refractivity contribution in [2.24, 2.45) is 0 Å². The normalized spacial score (nSPS) is 11.2. The number of para-hydroxylation sites is 1. The Balaban J connectivity index is 2.33. The molecule has 0 atom stereocenters. The van der Waals surface area contributed by atoms with Crippen molar-refractivity contribution in [1.29, 1.82) is 0 Å². The first-order chi connectivity index (χ1) is 9.42. The van der Waals surface area contributed by atoms with Crippen LogP contribution < -0.4 is 15.4 Å². The summed E-state index contributed by atoms with van der Waals surface area (Å²) in [6, 6.07) is 7.96. The monoisotopic (exact) mass is 278 g/mol. The Bertz CT molecular complexity index is 425. The van der Waals surface area contributed by atoms with Crippen LogP contribution in [0.1, 0.15) is 39.7 Å². The third-order valence-corrected chi connectivity index (χ3v) is 2.63. The molecule has 1 amide bonds. The zero-order chi connectivity index (χ0) is 15.0. The lowest BCUT2D eigenvalue weighted by Gasteiger charge is -2.20. The molecule has 0 aliphatic carbocycles. The number of carbonyl (C=O) groups is 1. The third-order valence-electron chi connectivity index (χ3n) is 2.63. The summed E-state index contributed by atoms with van der Waals surface area (Å²) in [6.07, 6.45) is 0.480. The molecule has 0 bridgehead atoms. The van der Waals surface area contributed by atoms with Gasteiger partial charge < -0.3 is 15.4 Å². The molecule has 0 spiro atoms. The van der Waals surface area contributed by atoms with Crippen LogP contribution in [0.15, 0.2) is 24.3 Å². The number of nitrogens with one attached hydrogen (secondary N) is 2. The Morgan fingerprint density at radius 3 is 2.60 bits per heavy atom. The molecule has 0 aliphatic rings. The van der Waals surface area contributed by atoms with Gasteiger partial charge in [-0.3, -0.25) is 4.79 Å². The van der Waals surface area contributed by atoms with Gasteiger partial charge in [0, 0.05) is 30.6 Å². The summed E-state index contributed by atoms with van der Waals surface area (Å²) in [4.78, 5) is 11.7. The van der Waals surface area contributed by atoms with E-state index in [0.717, 1.165) is 11.3 Å². The number of hydrogen-bond acceptors (Lipinski definition) is 3. The molecule has 0 saturated heterocycles. The molecule has 0 aliphatic heterocycles. The first kappa shape index (κ1) is 16.5. The maximum atomic E-state index is 11.7. The van der Waals surface area contributed by atoms with Crippen LogP contribution in [-0.4, -0.2) is 24.6 Å². The van der Waals surface area contributed by atoms with Gasteiger partial charge in [0.05, 0.1) is 6.61 Å². The van der Waals surface area contributed by atoms with E-state index < -0.39 is 0 Å². The van der Waals surface area contributed by atoms with Crippen LogP contribution in [0, 0.1) is 0 Å². The van der Waals surface area contributed by atoms with Crippen molar-refractivity contribution in [2.45, 2.75) is 46.2 Å². The summed E-state index contributed by atoms with van der Waals surface area (Å²) in [6.45, 7) is 9.94. The molecule has 0 unspecified atom stereocenters. The van der Waals surface area contributed by atoms with Gasteiger partial charge in [-0.15, -0.1) is 0 Å². The maximum absolute atomic E-state index is 11.7. The Kier molecular flexibility index (Phi) is 6.52. The van der Waals surface area contributed by atoms with Crippen LogP contribution in [-0.2, 0) is 11.3 Å². The average Bonchev–Trinajstić information content (AvgIpc) is 2.34. The second-order valence-electron chi connectivity index (χ2n) is 5.77. The van der Waals surface area contributed by atoms with Gasteiger partial charge in [-0.05, 0) is 33.8 Å². The van der Waals surface area contributed by atoms with E-state index in [0.29, 0.717) is 26.1 Å². The largest absolute Gasteiger partial charge is 0.494 e. The lowest BCUT2D eigenvalue weighted by molar-refractivity contribution is -0.122. The topological polar surface area (TPSA) is 50.4 Å². The predicted molar refractivity (Wildman–Crippen MR) is 81.8 cm³/mol. The summed E-state index contributed by atoms with van der Waals surface area (Å²) in [7, 11) is 0. The number of rotatable bonds is 7. The fourth-order valence-electron chi connectivity index (χ4n) is 1.85. The summed E-state index contributed by atoms with van der Waals surface area (Å²) in [5.41, 5.74) is 0.948. The van der Waals surface area contributed by atoms with Gasteiger partial charge in [0.25, 0.3) is 0 Å². The summed E-state index contributed by atoms with van der Waals surface area (Å²) in [5, 5.41) is 6.22. The molecule has 0 radical (unpaired) electrons. The molecule has 0 aromatic heterocycles. The van der Waals surface area contributed by atoms with Crippen molar-refractivity contribution >= 4 is 5.91 Å². The molecule has 112 valence electrons. The summed E-state index contributed by atoms with van der Waals surface area (Å²) in [5.74, 6) is 0.977. The van der Waals surface area contributed by atoms with Gasteiger partial charge in [0.15, 0.2) is 0 Å². The van der Waals surface area contributed by atoms with Crippen molar-refractivity contribution in [3.8, 4) is 5.75 Å². The Morgan fingerprint density at radius 1 is 1.25 bits per heavy atom. The fourth-order valence-corrected chi connectivity index (χ4v) is 1.85. The molecule has 1 aromatic rings. The molecule has 2 N–H and O–H groups in total. The van der Waals surface area contributed by atoms with Crippen LogP contribution in [0.5, 0.6) is 5.75 Å². The molecule has 20 heavy (non-hydrogen) atoms. The fraction of sp³-hybridized carbons (Fsp3) is 0.562. The highest BCUT2D eigenvalue weighted by molar-refractivity contribution is 5.76. The number of ether oxygens (including phenoxy) is 1. The number of carbonyl (C=O) groups excluding carboxylic acids is 1. The summed E-state index contributed by atoms with van der Waals surface area (Å²) >= 11 is 0. The minimum absolute atomic E-state index is 0.0723. The van der Waals surface area contributed by atoms with Crippen molar-refractivity contribution in [3.63, 3.8) is 0 Å². The highest BCUT2D eigenvalue weighted by atomic mass is 16.5. The van der Waals surface area contributed by atoms with Gasteiger partial charge >= 0.3 is 0 Å². The van der Waals surface area contributed by atoms with Crippen molar-refractivity contribution in [3.05, 3.63) is 29.8 Å². The first-order valence-corrected chi connectivity index (χ1v) is 7.15. The average molecular weight is 278 g/mol. The van der Waals surface area contributed by atoms with Crippen LogP contribution >= 0.6 is 0 Å². The van der Waals surface area contributed by atoms with E-state index in [-0.39, 0.29) is 11.4 Å². The second-order valence-corrected chi connectivity index (χ2v) is 5.77. The molecular formula is C16H26N2O2. The van der Waals surface area contributed by atoms with Gasteiger partial charge in [-0.25, -0.2) is 0 Å². The molecule has 4 nitrogen and oxygen atoms in total. The van der Waals surface area contributed by atoms with E-state index in [4.69, 9.17) is 4.74 Å². The second kappa shape index (κ2) is 7.90. The maximum Gasteiger partial charge on any atom is 0.221 e. The summed E-state index contributed by atoms with van der Waals surface area (Å²) < 4.78 is 5.56. The smallest absolute Gasteiger partial charge is 0.221 e. The quantitative estimate of drug-likeness (QED) is 0.753. The highest BCUT2D eigenvalue weighted by Crippen LogP contribution is 2.17. The van der Waals surface area contributed by atoms with Gasteiger partial charge in [0.2, 0.25) is 5.91 Å². The Labute approximate surface area is 121 Å².